The molecule has 0 unspecified atom stereocenters. The van der Waals surface area contributed by atoms with E-state index in [1.807, 2.05) is 18.2 Å². The van der Waals surface area contributed by atoms with E-state index in [-0.39, 0.29) is 0 Å². The molecule has 0 saturated heterocycles. The fourth-order valence-electron chi connectivity index (χ4n) is 1.38. The van der Waals surface area contributed by atoms with Gasteiger partial charge in [0.1, 0.15) is 11.5 Å². The van der Waals surface area contributed by atoms with Crippen LogP contribution in [0.5, 0.6) is 11.5 Å². The van der Waals surface area contributed by atoms with Crippen LogP contribution in [0.2, 0.25) is 0 Å². The zero-order valence-electron chi connectivity index (χ0n) is 6.46. The summed E-state index contributed by atoms with van der Waals surface area (Å²) in [7, 11) is 1.69. The smallest absolute Gasteiger partial charge is 0.126 e. The highest BCUT2D eigenvalue weighted by atomic mass is 16.5. The van der Waals surface area contributed by atoms with Gasteiger partial charge in [0.25, 0.3) is 0 Å². The summed E-state index contributed by atoms with van der Waals surface area (Å²) >= 11 is 0. The Bertz CT molecular complexity index is 268. The Morgan fingerprint density at radius 1 is 1.45 bits per heavy atom. The summed E-state index contributed by atoms with van der Waals surface area (Å²) in [5, 5.41) is 0. The van der Waals surface area contributed by atoms with Crippen LogP contribution in [0.3, 0.4) is 0 Å². The highest BCUT2D eigenvalue weighted by molar-refractivity contribution is 5.46. The van der Waals surface area contributed by atoms with Crippen LogP contribution in [0.25, 0.3) is 0 Å². The number of rotatable bonds is 1. The Kier molecular flexibility index (Phi) is 1.46. The molecule has 0 aromatic heterocycles. The maximum absolute atomic E-state index is 5.36. The van der Waals surface area contributed by atoms with Gasteiger partial charge >= 0.3 is 0 Å². The van der Waals surface area contributed by atoms with Crippen molar-refractivity contribution in [2.24, 2.45) is 0 Å². The second kappa shape index (κ2) is 2.46. The Morgan fingerprint density at radius 3 is 3.18 bits per heavy atom. The van der Waals surface area contributed by atoms with Gasteiger partial charge in [0.15, 0.2) is 0 Å². The van der Waals surface area contributed by atoms with E-state index in [2.05, 4.69) is 0 Å². The van der Waals surface area contributed by atoms with Gasteiger partial charge in [-0.15, -0.1) is 0 Å². The van der Waals surface area contributed by atoms with Crippen molar-refractivity contribution in [2.45, 2.75) is 6.42 Å². The monoisotopic (exact) mass is 150 g/mol. The molecule has 2 rings (SSSR count). The van der Waals surface area contributed by atoms with Gasteiger partial charge in [-0.1, -0.05) is 6.07 Å². The fraction of sp³-hybridized carbons (Fsp3) is 0.333. The average molecular weight is 150 g/mol. The molecule has 0 bridgehead atoms. The molecule has 1 aliphatic heterocycles. The van der Waals surface area contributed by atoms with Crippen molar-refractivity contribution in [1.29, 1.82) is 0 Å². The normalized spacial score (nSPS) is 13.9. The molecule has 1 heterocycles. The molecule has 0 amide bonds. The van der Waals surface area contributed by atoms with Crippen LogP contribution in [0.15, 0.2) is 18.2 Å². The predicted octanol–water partition coefficient (Wildman–Crippen LogP) is 1.63. The van der Waals surface area contributed by atoms with E-state index in [1.165, 1.54) is 5.56 Å². The van der Waals surface area contributed by atoms with Crippen LogP contribution in [-0.4, -0.2) is 13.7 Å². The van der Waals surface area contributed by atoms with Crippen molar-refractivity contribution in [1.82, 2.24) is 0 Å². The van der Waals surface area contributed by atoms with Crippen molar-refractivity contribution < 1.29 is 9.47 Å². The first-order valence-electron chi connectivity index (χ1n) is 3.70. The molecule has 0 fully saturated rings. The molecule has 0 N–H and O–H groups in total. The highest BCUT2D eigenvalue weighted by Crippen LogP contribution is 2.32. The maximum Gasteiger partial charge on any atom is 0.126 e. The first-order chi connectivity index (χ1) is 5.42. The Morgan fingerprint density at radius 2 is 2.36 bits per heavy atom. The molecule has 0 saturated carbocycles. The number of hydrogen-bond donors (Lipinski definition) is 0. The minimum Gasteiger partial charge on any atom is -0.496 e. The quantitative estimate of drug-likeness (QED) is 0.605. The van der Waals surface area contributed by atoms with E-state index in [4.69, 9.17) is 9.47 Å². The lowest BCUT2D eigenvalue weighted by molar-refractivity contribution is 0.356. The lowest BCUT2D eigenvalue weighted by atomic mass is 10.1. The first kappa shape index (κ1) is 6.53. The Labute approximate surface area is 65.7 Å². The van der Waals surface area contributed by atoms with Crippen molar-refractivity contribution in [3.63, 3.8) is 0 Å². The first-order valence-corrected chi connectivity index (χ1v) is 3.70. The van der Waals surface area contributed by atoms with Gasteiger partial charge < -0.3 is 9.47 Å². The van der Waals surface area contributed by atoms with Gasteiger partial charge in [-0.05, 0) is 12.1 Å². The summed E-state index contributed by atoms with van der Waals surface area (Å²) < 4.78 is 10.5. The van der Waals surface area contributed by atoms with Crippen LogP contribution >= 0.6 is 0 Å². The number of ether oxygens (including phenoxy) is 2. The third kappa shape index (κ3) is 0.946. The van der Waals surface area contributed by atoms with Gasteiger partial charge in [0.05, 0.1) is 13.7 Å². The number of fused-ring (bicyclic) bond motifs is 1. The second-order valence-electron chi connectivity index (χ2n) is 2.54. The molecule has 0 aliphatic carbocycles. The summed E-state index contributed by atoms with van der Waals surface area (Å²) in [5.41, 5.74) is 1.20. The van der Waals surface area contributed by atoms with Gasteiger partial charge in [-0.2, -0.15) is 0 Å². The topological polar surface area (TPSA) is 18.5 Å². The standard InChI is InChI=1S/C9H10O2/c1-10-8-3-2-4-9-7(8)5-6-11-9/h2-4H,5-6H2,1H3. The maximum atomic E-state index is 5.36. The van der Waals surface area contributed by atoms with Gasteiger partial charge in [-0.25, -0.2) is 0 Å². The van der Waals surface area contributed by atoms with Gasteiger partial charge in [-0.3, -0.25) is 0 Å². The molecule has 1 aromatic carbocycles. The molecule has 1 aromatic rings. The summed E-state index contributed by atoms with van der Waals surface area (Å²) in [6, 6.07) is 5.89. The molecule has 58 valence electrons. The minimum absolute atomic E-state index is 0.787. The fourth-order valence-corrected chi connectivity index (χ4v) is 1.38. The summed E-state index contributed by atoms with van der Waals surface area (Å²) in [6.07, 6.45) is 0.972. The summed E-state index contributed by atoms with van der Waals surface area (Å²) in [5.74, 6) is 1.92. The van der Waals surface area contributed by atoms with Crippen LogP contribution in [0, 0.1) is 0 Å². The molecule has 0 spiro atoms. The van der Waals surface area contributed by atoms with Crippen molar-refractivity contribution >= 4 is 0 Å². The molecule has 0 radical (unpaired) electrons. The molecule has 0 atom stereocenters. The van der Waals surface area contributed by atoms with Crippen LogP contribution in [0.4, 0.5) is 0 Å². The van der Waals surface area contributed by atoms with Crippen LogP contribution in [-0.2, 0) is 6.42 Å². The molecular weight excluding hydrogens is 140 g/mol. The second-order valence-corrected chi connectivity index (χ2v) is 2.54. The SMILES string of the molecule is COc1cccc2c1CCO2. The molecule has 2 nitrogen and oxygen atoms in total. The number of methoxy groups -OCH3 is 1. The molecule has 1 aliphatic rings. The molecule has 2 heteroatoms. The van der Waals surface area contributed by atoms with Gasteiger partial charge in [0.2, 0.25) is 0 Å². The van der Waals surface area contributed by atoms with E-state index in [0.717, 1.165) is 24.5 Å². The van der Waals surface area contributed by atoms with Crippen LogP contribution in [0.1, 0.15) is 5.56 Å². The number of benzene rings is 1. The zero-order chi connectivity index (χ0) is 7.68. The van der Waals surface area contributed by atoms with Crippen molar-refractivity contribution in [3.8, 4) is 11.5 Å². The van der Waals surface area contributed by atoms with E-state index < -0.39 is 0 Å². The third-order valence-corrected chi connectivity index (χ3v) is 1.92. The van der Waals surface area contributed by atoms with E-state index >= 15 is 0 Å². The van der Waals surface area contributed by atoms with Crippen molar-refractivity contribution in [2.75, 3.05) is 13.7 Å². The highest BCUT2D eigenvalue weighted by Gasteiger charge is 2.15. The largest absolute Gasteiger partial charge is 0.496 e. The lowest BCUT2D eigenvalue weighted by Crippen LogP contribution is -1.88. The third-order valence-electron chi connectivity index (χ3n) is 1.92. The van der Waals surface area contributed by atoms with E-state index in [0.29, 0.717) is 0 Å². The zero-order valence-corrected chi connectivity index (χ0v) is 6.46. The number of hydrogen-bond acceptors (Lipinski definition) is 2. The van der Waals surface area contributed by atoms with E-state index in [1.54, 1.807) is 7.11 Å². The predicted molar refractivity (Wildman–Crippen MR) is 42.2 cm³/mol. The molecule has 11 heavy (non-hydrogen) atoms. The Hall–Kier alpha value is -1.18. The van der Waals surface area contributed by atoms with Gasteiger partial charge in [0, 0.05) is 12.0 Å². The summed E-state index contributed by atoms with van der Waals surface area (Å²) in [6.45, 7) is 0.787. The summed E-state index contributed by atoms with van der Waals surface area (Å²) in [4.78, 5) is 0. The average Bonchev–Trinajstić information content (AvgIpc) is 2.50. The molecular formula is C9H10O2. The van der Waals surface area contributed by atoms with Crippen LogP contribution < -0.4 is 9.47 Å². The van der Waals surface area contributed by atoms with E-state index in [9.17, 15) is 0 Å². The minimum atomic E-state index is 0.787. The Balaban J connectivity index is 2.50. The van der Waals surface area contributed by atoms with Crippen molar-refractivity contribution in [3.05, 3.63) is 23.8 Å². The lowest BCUT2D eigenvalue weighted by Gasteiger charge is -2.03.